The van der Waals surface area contributed by atoms with Gasteiger partial charge in [-0.15, -0.1) is 0 Å². The van der Waals surface area contributed by atoms with Gasteiger partial charge in [0.15, 0.2) is 0 Å². The van der Waals surface area contributed by atoms with E-state index in [4.69, 9.17) is 9.47 Å². The molecule has 0 radical (unpaired) electrons. The van der Waals surface area contributed by atoms with Gasteiger partial charge in [-0.1, -0.05) is 26.7 Å². The molecular weight excluding hydrogens is 252 g/mol. The fourth-order valence-electron chi connectivity index (χ4n) is 1.27. The second-order valence-electron chi connectivity index (χ2n) is 4.18. The fraction of sp³-hybridized carbons (Fsp3) is 0.846. The van der Waals surface area contributed by atoms with E-state index in [1.54, 1.807) is 0 Å². The standard InChI is InChI=1S/C13H24O4S/c1-3-5-7-12(14)16-9-11(10-18)17-13(15)8-6-4-2/h11,18H,3-10H2,1-2H3/t11-/m1/s1. The van der Waals surface area contributed by atoms with E-state index in [9.17, 15) is 9.59 Å². The Morgan fingerprint density at radius 1 is 1.06 bits per heavy atom. The lowest BCUT2D eigenvalue weighted by atomic mass is 10.2. The van der Waals surface area contributed by atoms with E-state index < -0.39 is 6.10 Å². The normalized spacial score (nSPS) is 11.9. The molecule has 0 rings (SSSR count). The molecule has 0 bridgehead atoms. The van der Waals surface area contributed by atoms with Crippen molar-refractivity contribution in [2.24, 2.45) is 0 Å². The van der Waals surface area contributed by atoms with Crippen molar-refractivity contribution in [3.05, 3.63) is 0 Å². The summed E-state index contributed by atoms with van der Waals surface area (Å²) in [5, 5.41) is 0. The predicted molar refractivity (Wildman–Crippen MR) is 73.7 cm³/mol. The lowest BCUT2D eigenvalue weighted by Crippen LogP contribution is -2.26. The molecule has 1 atom stereocenters. The number of rotatable bonds is 10. The number of thiol groups is 1. The summed E-state index contributed by atoms with van der Waals surface area (Å²) in [5.74, 6) is -0.132. The molecule has 4 nitrogen and oxygen atoms in total. The molecule has 0 fully saturated rings. The highest BCUT2D eigenvalue weighted by atomic mass is 32.1. The van der Waals surface area contributed by atoms with Crippen molar-refractivity contribution in [1.29, 1.82) is 0 Å². The number of esters is 2. The minimum Gasteiger partial charge on any atom is -0.462 e. The quantitative estimate of drug-likeness (QED) is 0.492. The first-order valence-corrected chi connectivity index (χ1v) is 7.23. The number of unbranched alkanes of at least 4 members (excludes halogenated alkanes) is 2. The molecule has 0 N–H and O–H groups in total. The highest BCUT2D eigenvalue weighted by Crippen LogP contribution is 2.04. The first kappa shape index (κ1) is 17.3. The van der Waals surface area contributed by atoms with Gasteiger partial charge < -0.3 is 9.47 Å². The lowest BCUT2D eigenvalue weighted by Gasteiger charge is -2.15. The Morgan fingerprint density at radius 2 is 1.61 bits per heavy atom. The van der Waals surface area contributed by atoms with Crippen LogP contribution in [0.25, 0.3) is 0 Å². The minimum atomic E-state index is -0.441. The van der Waals surface area contributed by atoms with Crippen molar-refractivity contribution in [2.45, 2.75) is 58.5 Å². The monoisotopic (exact) mass is 276 g/mol. The molecular formula is C13H24O4S. The van der Waals surface area contributed by atoms with E-state index in [2.05, 4.69) is 12.6 Å². The highest BCUT2D eigenvalue weighted by molar-refractivity contribution is 7.80. The van der Waals surface area contributed by atoms with Gasteiger partial charge in [0.25, 0.3) is 0 Å². The summed E-state index contributed by atoms with van der Waals surface area (Å²) in [7, 11) is 0. The van der Waals surface area contributed by atoms with Gasteiger partial charge in [-0.3, -0.25) is 9.59 Å². The van der Waals surface area contributed by atoms with E-state index in [1.165, 1.54) is 0 Å². The zero-order chi connectivity index (χ0) is 13.8. The zero-order valence-corrected chi connectivity index (χ0v) is 12.2. The van der Waals surface area contributed by atoms with Gasteiger partial charge in [0.2, 0.25) is 0 Å². The van der Waals surface area contributed by atoms with Crippen LogP contribution in [0.1, 0.15) is 52.4 Å². The minimum absolute atomic E-state index is 0.101. The van der Waals surface area contributed by atoms with Crippen LogP contribution in [0.3, 0.4) is 0 Å². The molecule has 0 amide bonds. The summed E-state index contributed by atoms with van der Waals surface area (Å²) < 4.78 is 10.2. The molecule has 0 aliphatic heterocycles. The summed E-state index contributed by atoms with van der Waals surface area (Å²) in [6, 6.07) is 0. The molecule has 0 spiro atoms. The second kappa shape index (κ2) is 11.4. The van der Waals surface area contributed by atoms with Crippen LogP contribution in [-0.2, 0) is 19.1 Å². The van der Waals surface area contributed by atoms with Crippen molar-refractivity contribution < 1.29 is 19.1 Å². The van der Waals surface area contributed by atoms with Crippen molar-refractivity contribution in [3.8, 4) is 0 Å². The fourth-order valence-corrected chi connectivity index (χ4v) is 1.45. The SMILES string of the molecule is CCCCC(=O)OC[C@H](CS)OC(=O)CCCC. The van der Waals surface area contributed by atoms with Gasteiger partial charge in [0.1, 0.15) is 12.7 Å². The first-order chi connectivity index (χ1) is 8.63. The summed E-state index contributed by atoms with van der Waals surface area (Å²) in [6.07, 6.45) is 3.92. The maximum Gasteiger partial charge on any atom is 0.306 e. The van der Waals surface area contributed by atoms with Gasteiger partial charge in [0, 0.05) is 18.6 Å². The lowest BCUT2D eigenvalue weighted by molar-refractivity contribution is -0.157. The van der Waals surface area contributed by atoms with Gasteiger partial charge in [-0.05, 0) is 12.8 Å². The number of carbonyl (C=O) groups excluding carboxylic acids is 2. The van der Waals surface area contributed by atoms with E-state index in [-0.39, 0.29) is 18.5 Å². The van der Waals surface area contributed by atoms with Gasteiger partial charge in [-0.25, -0.2) is 0 Å². The zero-order valence-electron chi connectivity index (χ0n) is 11.3. The average molecular weight is 276 g/mol. The number of carbonyl (C=O) groups is 2. The molecule has 0 saturated heterocycles. The molecule has 5 heteroatoms. The summed E-state index contributed by atoms with van der Waals surface area (Å²) in [4.78, 5) is 22.7. The predicted octanol–water partition coefficient (Wildman–Crippen LogP) is 2.75. The number of ether oxygens (including phenoxy) is 2. The van der Waals surface area contributed by atoms with E-state index >= 15 is 0 Å². The third-order valence-electron chi connectivity index (χ3n) is 2.40. The number of hydrogen-bond acceptors (Lipinski definition) is 5. The van der Waals surface area contributed by atoms with Crippen LogP contribution in [-0.4, -0.2) is 30.4 Å². The Morgan fingerprint density at radius 3 is 2.11 bits per heavy atom. The van der Waals surface area contributed by atoms with Crippen molar-refractivity contribution in [3.63, 3.8) is 0 Å². The molecule has 0 aliphatic carbocycles. The van der Waals surface area contributed by atoms with Crippen LogP contribution in [0.2, 0.25) is 0 Å². The Labute approximate surface area is 115 Å². The van der Waals surface area contributed by atoms with Crippen LogP contribution in [0.5, 0.6) is 0 Å². The van der Waals surface area contributed by atoms with Crippen LogP contribution >= 0.6 is 12.6 Å². The molecule has 0 heterocycles. The van der Waals surface area contributed by atoms with Gasteiger partial charge >= 0.3 is 11.9 Å². The maximum absolute atomic E-state index is 11.4. The average Bonchev–Trinajstić information content (AvgIpc) is 2.38. The van der Waals surface area contributed by atoms with Gasteiger partial charge in [0.05, 0.1) is 0 Å². The summed E-state index contributed by atoms with van der Waals surface area (Å²) in [5.41, 5.74) is 0. The molecule has 0 aliphatic rings. The molecule has 0 aromatic carbocycles. The third-order valence-corrected chi connectivity index (χ3v) is 2.81. The number of hydrogen-bond donors (Lipinski definition) is 1. The topological polar surface area (TPSA) is 52.6 Å². The van der Waals surface area contributed by atoms with E-state index in [0.29, 0.717) is 18.6 Å². The summed E-state index contributed by atoms with van der Waals surface area (Å²) >= 11 is 4.09. The summed E-state index contributed by atoms with van der Waals surface area (Å²) in [6.45, 7) is 4.13. The Balaban J connectivity index is 3.82. The Hall–Kier alpha value is -0.710. The third kappa shape index (κ3) is 9.33. The molecule has 0 aromatic rings. The van der Waals surface area contributed by atoms with E-state index in [1.807, 2.05) is 13.8 Å². The van der Waals surface area contributed by atoms with Crippen LogP contribution in [0, 0.1) is 0 Å². The molecule has 0 unspecified atom stereocenters. The van der Waals surface area contributed by atoms with Gasteiger partial charge in [-0.2, -0.15) is 12.6 Å². The Kier molecular flexibility index (Phi) is 10.9. The Bertz CT molecular complexity index is 243. The second-order valence-corrected chi connectivity index (χ2v) is 4.55. The van der Waals surface area contributed by atoms with E-state index in [0.717, 1.165) is 25.7 Å². The van der Waals surface area contributed by atoms with Crippen molar-refractivity contribution in [1.82, 2.24) is 0 Å². The molecule has 0 aromatic heterocycles. The maximum atomic E-state index is 11.4. The molecule has 106 valence electrons. The molecule has 0 saturated carbocycles. The highest BCUT2D eigenvalue weighted by Gasteiger charge is 2.15. The van der Waals surface area contributed by atoms with Crippen LogP contribution in [0.15, 0.2) is 0 Å². The van der Waals surface area contributed by atoms with Crippen molar-refractivity contribution in [2.75, 3.05) is 12.4 Å². The van der Waals surface area contributed by atoms with Crippen molar-refractivity contribution >= 4 is 24.6 Å². The van der Waals surface area contributed by atoms with Crippen LogP contribution in [0.4, 0.5) is 0 Å². The molecule has 18 heavy (non-hydrogen) atoms. The largest absolute Gasteiger partial charge is 0.462 e. The first-order valence-electron chi connectivity index (χ1n) is 6.59. The smallest absolute Gasteiger partial charge is 0.306 e. The van der Waals surface area contributed by atoms with Crippen LogP contribution < -0.4 is 0 Å².